The summed E-state index contributed by atoms with van der Waals surface area (Å²) in [6.07, 6.45) is -0.401. The Kier molecular flexibility index (Phi) is 7.31. The number of nitrogens with zero attached hydrogens (tertiary/aromatic N) is 4. The Labute approximate surface area is 182 Å². The third kappa shape index (κ3) is 5.74. The number of carboxylic acids is 1. The first-order chi connectivity index (χ1) is 15.2. The van der Waals surface area contributed by atoms with E-state index in [9.17, 15) is 13.2 Å². The Morgan fingerprint density at radius 3 is 2.59 bits per heavy atom. The second-order valence-corrected chi connectivity index (χ2v) is 7.25. The van der Waals surface area contributed by atoms with Gasteiger partial charge in [0.15, 0.2) is 0 Å². The fraction of sp³-hybridized carbons (Fsp3) is 0.381. The highest BCUT2D eigenvalue weighted by atomic mass is 19.4. The van der Waals surface area contributed by atoms with E-state index in [1.54, 1.807) is 6.20 Å². The molecule has 0 saturated carbocycles. The molecule has 0 bridgehead atoms. The van der Waals surface area contributed by atoms with Crippen LogP contribution >= 0.6 is 0 Å². The molecule has 1 atom stereocenters. The molecule has 2 N–H and O–H groups in total. The van der Waals surface area contributed by atoms with Gasteiger partial charge in [-0.2, -0.15) is 23.4 Å². The number of hydrogen-bond acceptors (Lipinski definition) is 5. The van der Waals surface area contributed by atoms with E-state index >= 15 is 0 Å². The van der Waals surface area contributed by atoms with Crippen molar-refractivity contribution in [1.82, 2.24) is 24.9 Å². The molecular formula is C21H24F3N5O3. The van der Waals surface area contributed by atoms with Crippen molar-refractivity contribution in [3.63, 3.8) is 0 Å². The largest absolute Gasteiger partial charge is 0.490 e. The molecule has 1 aliphatic rings. The number of carboxylic acid groups (broad SMARTS) is 1. The third-order valence-electron chi connectivity index (χ3n) is 5.07. The molecule has 8 nitrogen and oxygen atoms in total. The minimum Gasteiger partial charge on any atom is -0.475 e. The Bertz CT molecular complexity index is 1030. The maximum absolute atomic E-state index is 10.6. The van der Waals surface area contributed by atoms with Crippen LogP contribution in [-0.2, 0) is 36.2 Å². The molecule has 1 aromatic carbocycles. The number of aromatic nitrogens is 4. The number of carbonyl (C=O) groups is 1. The summed E-state index contributed by atoms with van der Waals surface area (Å²) in [7, 11) is 2.02. The molecule has 11 heteroatoms. The number of aliphatic carboxylic acids is 1. The van der Waals surface area contributed by atoms with E-state index in [1.807, 2.05) is 28.7 Å². The average Bonchev–Trinajstić information content (AvgIpc) is 3.41. The molecule has 32 heavy (non-hydrogen) atoms. The van der Waals surface area contributed by atoms with E-state index < -0.39 is 12.1 Å². The zero-order valence-corrected chi connectivity index (χ0v) is 17.6. The van der Waals surface area contributed by atoms with Crippen LogP contribution in [0.3, 0.4) is 0 Å². The van der Waals surface area contributed by atoms with Crippen molar-refractivity contribution < 1.29 is 27.8 Å². The number of ether oxygens (including phenoxy) is 1. The van der Waals surface area contributed by atoms with Crippen molar-refractivity contribution in [1.29, 1.82) is 0 Å². The molecule has 0 spiro atoms. The summed E-state index contributed by atoms with van der Waals surface area (Å²) in [5, 5.41) is 19.6. The summed E-state index contributed by atoms with van der Waals surface area (Å²) >= 11 is 0. The van der Waals surface area contributed by atoms with E-state index in [0.717, 1.165) is 31.0 Å². The first kappa shape index (κ1) is 23.5. The van der Waals surface area contributed by atoms with Gasteiger partial charge in [-0.1, -0.05) is 12.1 Å². The summed E-state index contributed by atoms with van der Waals surface area (Å²) in [4.78, 5) is 8.90. The van der Waals surface area contributed by atoms with Gasteiger partial charge in [-0.25, -0.2) is 9.48 Å². The number of benzene rings is 1. The molecule has 4 rings (SSSR count). The van der Waals surface area contributed by atoms with Crippen LogP contribution in [0.1, 0.15) is 35.5 Å². The molecule has 0 amide bonds. The summed E-state index contributed by atoms with van der Waals surface area (Å²) < 4.78 is 41.2. The SMILES string of the molecule is CC(NCc1nn(C)c2c1COCC2)c1ccc(-n2cccn2)cc1.O=C(O)C(F)(F)F. The minimum absolute atomic E-state index is 0.244. The highest BCUT2D eigenvalue weighted by molar-refractivity contribution is 5.73. The highest BCUT2D eigenvalue weighted by Gasteiger charge is 2.38. The lowest BCUT2D eigenvalue weighted by Crippen LogP contribution is -2.21. The van der Waals surface area contributed by atoms with Gasteiger partial charge >= 0.3 is 12.1 Å². The van der Waals surface area contributed by atoms with Gasteiger partial charge in [0.1, 0.15) is 0 Å². The maximum atomic E-state index is 10.6. The van der Waals surface area contributed by atoms with E-state index in [4.69, 9.17) is 14.6 Å². The Balaban J connectivity index is 0.000000360. The number of halogens is 3. The van der Waals surface area contributed by atoms with Crippen molar-refractivity contribution in [3.8, 4) is 5.69 Å². The highest BCUT2D eigenvalue weighted by Crippen LogP contribution is 2.21. The predicted octanol–water partition coefficient (Wildman–Crippen LogP) is 3.16. The van der Waals surface area contributed by atoms with Crippen molar-refractivity contribution in [2.24, 2.45) is 7.05 Å². The molecule has 0 fully saturated rings. The monoisotopic (exact) mass is 451 g/mol. The van der Waals surface area contributed by atoms with Crippen molar-refractivity contribution in [3.05, 3.63) is 65.2 Å². The molecule has 1 unspecified atom stereocenters. The lowest BCUT2D eigenvalue weighted by atomic mass is 10.1. The number of aryl methyl sites for hydroxylation is 1. The number of rotatable bonds is 5. The van der Waals surface area contributed by atoms with Gasteiger partial charge in [-0.3, -0.25) is 4.68 Å². The van der Waals surface area contributed by atoms with Gasteiger partial charge in [-0.05, 0) is 30.7 Å². The quantitative estimate of drug-likeness (QED) is 0.619. The summed E-state index contributed by atoms with van der Waals surface area (Å²) in [5.41, 5.74) is 5.97. The van der Waals surface area contributed by atoms with Gasteiger partial charge in [0.25, 0.3) is 0 Å². The van der Waals surface area contributed by atoms with Gasteiger partial charge in [0.05, 0.1) is 24.6 Å². The first-order valence-electron chi connectivity index (χ1n) is 9.91. The standard InChI is InChI=1S/C19H23N5O.C2HF3O2/c1-14(15-4-6-16(7-5-15)24-10-3-9-21-24)20-12-18-17-13-25-11-8-19(17)23(2)22-18;3-2(4,5)1(6)7/h3-7,9-10,14,20H,8,11-13H2,1-2H3;(H,6,7). The zero-order chi connectivity index (χ0) is 23.3. The molecule has 0 saturated heterocycles. The number of nitrogens with one attached hydrogen (secondary N) is 1. The van der Waals surface area contributed by atoms with Crippen LogP contribution in [0.5, 0.6) is 0 Å². The topological polar surface area (TPSA) is 94.2 Å². The van der Waals surface area contributed by atoms with Crippen LogP contribution < -0.4 is 5.32 Å². The molecule has 3 heterocycles. The second-order valence-electron chi connectivity index (χ2n) is 7.25. The molecule has 2 aromatic heterocycles. The van der Waals surface area contributed by atoms with Crippen LogP contribution in [0.15, 0.2) is 42.7 Å². The third-order valence-corrected chi connectivity index (χ3v) is 5.07. The summed E-state index contributed by atoms with van der Waals surface area (Å²) in [5.74, 6) is -2.76. The Morgan fingerprint density at radius 1 is 1.31 bits per heavy atom. The normalized spacial score (nSPS) is 14.3. The minimum atomic E-state index is -5.08. The van der Waals surface area contributed by atoms with E-state index in [0.29, 0.717) is 6.61 Å². The van der Waals surface area contributed by atoms with E-state index in [2.05, 4.69) is 46.7 Å². The molecule has 0 aliphatic carbocycles. The number of alkyl halides is 3. The zero-order valence-electron chi connectivity index (χ0n) is 17.6. The fourth-order valence-electron chi connectivity index (χ4n) is 3.33. The molecular weight excluding hydrogens is 427 g/mol. The van der Waals surface area contributed by atoms with Crippen LogP contribution in [0.2, 0.25) is 0 Å². The van der Waals surface area contributed by atoms with Gasteiger partial charge in [0, 0.05) is 49.7 Å². The van der Waals surface area contributed by atoms with Crippen molar-refractivity contribution in [2.75, 3.05) is 6.61 Å². The smallest absolute Gasteiger partial charge is 0.475 e. The maximum Gasteiger partial charge on any atom is 0.490 e. The van der Waals surface area contributed by atoms with Crippen LogP contribution in [0.25, 0.3) is 5.69 Å². The number of fused-ring (bicyclic) bond motifs is 1. The van der Waals surface area contributed by atoms with Crippen LogP contribution in [-0.4, -0.2) is 43.4 Å². The fourth-order valence-corrected chi connectivity index (χ4v) is 3.33. The molecule has 1 aliphatic heterocycles. The van der Waals surface area contributed by atoms with Crippen LogP contribution in [0.4, 0.5) is 13.2 Å². The van der Waals surface area contributed by atoms with E-state index in [-0.39, 0.29) is 6.04 Å². The Hall–Kier alpha value is -3.18. The lowest BCUT2D eigenvalue weighted by Gasteiger charge is -2.16. The summed E-state index contributed by atoms with van der Waals surface area (Å²) in [6, 6.07) is 10.6. The molecule has 172 valence electrons. The first-order valence-corrected chi connectivity index (χ1v) is 9.91. The van der Waals surface area contributed by atoms with Crippen LogP contribution in [0, 0.1) is 0 Å². The van der Waals surface area contributed by atoms with E-state index in [1.165, 1.54) is 16.8 Å². The molecule has 0 radical (unpaired) electrons. The number of hydrogen-bond donors (Lipinski definition) is 2. The van der Waals surface area contributed by atoms with Gasteiger partial charge in [-0.15, -0.1) is 0 Å². The van der Waals surface area contributed by atoms with Gasteiger partial charge < -0.3 is 15.2 Å². The van der Waals surface area contributed by atoms with Gasteiger partial charge in [0.2, 0.25) is 0 Å². The predicted molar refractivity (Wildman–Crippen MR) is 109 cm³/mol. The van der Waals surface area contributed by atoms with Crippen molar-refractivity contribution in [2.45, 2.75) is 38.7 Å². The van der Waals surface area contributed by atoms with Crippen molar-refractivity contribution >= 4 is 5.97 Å². The summed E-state index contributed by atoms with van der Waals surface area (Å²) in [6.45, 7) is 4.38. The molecule has 3 aromatic rings. The average molecular weight is 451 g/mol. The Morgan fingerprint density at radius 2 is 2.00 bits per heavy atom. The lowest BCUT2D eigenvalue weighted by molar-refractivity contribution is -0.192. The second kappa shape index (κ2) is 9.96.